The van der Waals surface area contributed by atoms with Gasteiger partial charge in [-0.1, -0.05) is 41.4 Å². The SMILES string of the molecule is Oc1ccc(CNCc2ccc(Cl)c(Cl)c2)cc1. The van der Waals surface area contributed by atoms with Crippen LogP contribution in [0.1, 0.15) is 11.1 Å². The van der Waals surface area contributed by atoms with Crippen LogP contribution in [0.25, 0.3) is 0 Å². The zero-order chi connectivity index (χ0) is 13.0. The Morgan fingerprint density at radius 3 is 2.11 bits per heavy atom. The summed E-state index contributed by atoms with van der Waals surface area (Å²) < 4.78 is 0. The van der Waals surface area contributed by atoms with E-state index < -0.39 is 0 Å². The van der Waals surface area contributed by atoms with Crippen LogP contribution >= 0.6 is 23.2 Å². The van der Waals surface area contributed by atoms with Gasteiger partial charge in [0.2, 0.25) is 0 Å². The van der Waals surface area contributed by atoms with Gasteiger partial charge in [0.25, 0.3) is 0 Å². The van der Waals surface area contributed by atoms with Crippen LogP contribution in [-0.4, -0.2) is 5.11 Å². The predicted molar refractivity (Wildman–Crippen MR) is 75.1 cm³/mol. The minimum absolute atomic E-state index is 0.281. The Balaban J connectivity index is 1.88. The first kappa shape index (κ1) is 13.2. The van der Waals surface area contributed by atoms with Gasteiger partial charge >= 0.3 is 0 Å². The first-order valence-electron chi connectivity index (χ1n) is 5.58. The highest BCUT2D eigenvalue weighted by molar-refractivity contribution is 6.42. The summed E-state index contributed by atoms with van der Waals surface area (Å²) in [5.74, 6) is 0.281. The molecular weight excluding hydrogens is 269 g/mol. The van der Waals surface area contributed by atoms with Gasteiger partial charge in [-0.3, -0.25) is 0 Å². The topological polar surface area (TPSA) is 32.3 Å². The standard InChI is InChI=1S/C14H13Cl2NO/c15-13-6-3-11(7-14(13)16)9-17-8-10-1-4-12(18)5-2-10/h1-7,17-18H,8-9H2. The van der Waals surface area contributed by atoms with Crippen molar-refractivity contribution < 1.29 is 5.11 Å². The predicted octanol–water partition coefficient (Wildman–Crippen LogP) is 3.99. The summed E-state index contributed by atoms with van der Waals surface area (Å²) in [7, 11) is 0. The molecule has 0 radical (unpaired) electrons. The smallest absolute Gasteiger partial charge is 0.115 e. The van der Waals surface area contributed by atoms with Gasteiger partial charge in [-0.25, -0.2) is 0 Å². The van der Waals surface area contributed by atoms with Crippen LogP contribution in [0.3, 0.4) is 0 Å². The molecule has 18 heavy (non-hydrogen) atoms. The molecule has 0 aliphatic heterocycles. The van der Waals surface area contributed by atoms with Crippen LogP contribution in [0.2, 0.25) is 10.0 Å². The molecule has 0 saturated heterocycles. The van der Waals surface area contributed by atoms with Gasteiger partial charge in [0, 0.05) is 13.1 Å². The molecule has 0 aliphatic carbocycles. The molecule has 0 amide bonds. The average Bonchev–Trinajstić information content (AvgIpc) is 2.36. The van der Waals surface area contributed by atoms with Gasteiger partial charge in [-0.05, 0) is 35.4 Å². The second-order valence-electron chi connectivity index (χ2n) is 4.02. The quantitative estimate of drug-likeness (QED) is 0.888. The lowest BCUT2D eigenvalue weighted by Crippen LogP contribution is -2.12. The fourth-order valence-corrected chi connectivity index (χ4v) is 1.94. The van der Waals surface area contributed by atoms with Crippen molar-refractivity contribution in [3.63, 3.8) is 0 Å². The summed E-state index contributed by atoms with van der Waals surface area (Å²) in [6.45, 7) is 1.46. The highest BCUT2D eigenvalue weighted by Crippen LogP contribution is 2.22. The van der Waals surface area contributed by atoms with Gasteiger partial charge in [0.05, 0.1) is 10.0 Å². The Hall–Kier alpha value is -1.22. The van der Waals surface area contributed by atoms with E-state index in [9.17, 15) is 0 Å². The zero-order valence-electron chi connectivity index (χ0n) is 9.66. The molecule has 0 atom stereocenters. The number of benzene rings is 2. The molecule has 0 spiro atoms. The number of phenols is 1. The van der Waals surface area contributed by atoms with E-state index in [2.05, 4.69) is 5.32 Å². The molecule has 4 heteroatoms. The number of hydrogen-bond donors (Lipinski definition) is 2. The molecule has 0 bridgehead atoms. The Labute approximate surface area is 116 Å². The van der Waals surface area contributed by atoms with Gasteiger partial charge in [0.1, 0.15) is 5.75 Å². The summed E-state index contributed by atoms with van der Waals surface area (Å²) in [4.78, 5) is 0. The highest BCUT2D eigenvalue weighted by Gasteiger charge is 1.99. The van der Waals surface area contributed by atoms with Gasteiger partial charge in [0.15, 0.2) is 0 Å². The van der Waals surface area contributed by atoms with Crippen molar-refractivity contribution in [3.8, 4) is 5.75 Å². The Morgan fingerprint density at radius 1 is 0.833 bits per heavy atom. The number of rotatable bonds is 4. The Morgan fingerprint density at radius 2 is 1.44 bits per heavy atom. The molecule has 0 saturated carbocycles. The average molecular weight is 282 g/mol. The number of aromatic hydroxyl groups is 1. The van der Waals surface area contributed by atoms with E-state index in [1.807, 2.05) is 24.3 Å². The molecule has 0 unspecified atom stereocenters. The number of phenolic OH excluding ortho intramolecular Hbond substituents is 1. The second-order valence-corrected chi connectivity index (χ2v) is 4.83. The van der Waals surface area contributed by atoms with E-state index in [1.165, 1.54) is 0 Å². The van der Waals surface area contributed by atoms with Crippen LogP contribution in [0, 0.1) is 0 Å². The normalized spacial score (nSPS) is 10.6. The van der Waals surface area contributed by atoms with Crippen molar-refractivity contribution in [1.82, 2.24) is 5.32 Å². The van der Waals surface area contributed by atoms with E-state index in [1.54, 1.807) is 18.2 Å². The van der Waals surface area contributed by atoms with Crippen molar-refractivity contribution in [2.75, 3.05) is 0 Å². The highest BCUT2D eigenvalue weighted by atomic mass is 35.5. The van der Waals surface area contributed by atoms with Crippen LogP contribution in [0.15, 0.2) is 42.5 Å². The van der Waals surface area contributed by atoms with Gasteiger partial charge < -0.3 is 10.4 Å². The molecule has 2 rings (SSSR count). The minimum atomic E-state index is 0.281. The van der Waals surface area contributed by atoms with Gasteiger partial charge in [-0.15, -0.1) is 0 Å². The third kappa shape index (κ3) is 3.64. The number of nitrogens with one attached hydrogen (secondary N) is 1. The maximum atomic E-state index is 9.17. The monoisotopic (exact) mass is 281 g/mol. The van der Waals surface area contributed by atoms with Crippen molar-refractivity contribution >= 4 is 23.2 Å². The molecular formula is C14H13Cl2NO. The molecule has 94 valence electrons. The zero-order valence-corrected chi connectivity index (χ0v) is 11.2. The lowest BCUT2D eigenvalue weighted by atomic mass is 10.2. The van der Waals surface area contributed by atoms with E-state index in [4.69, 9.17) is 28.3 Å². The van der Waals surface area contributed by atoms with E-state index in [0.29, 0.717) is 10.0 Å². The van der Waals surface area contributed by atoms with Gasteiger partial charge in [-0.2, -0.15) is 0 Å². The number of hydrogen-bond acceptors (Lipinski definition) is 2. The van der Waals surface area contributed by atoms with Crippen LogP contribution in [-0.2, 0) is 13.1 Å². The van der Waals surface area contributed by atoms with E-state index >= 15 is 0 Å². The first-order valence-corrected chi connectivity index (χ1v) is 6.33. The summed E-state index contributed by atoms with van der Waals surface area (Å²) >= 11 is 11.8. The van der Waals surface area contributed by atoms with Crippen molar-refractivity contribution in [3.05, 3.63) is 63.6 Å². The third-order valence-electron chi connectivity index (χ3n) is 2.58. The summed E-state index contributed by atoms with van der Waals surface area (Å²) in [6.07, 6.45) is 0. The largest absolute Gasteiger partial charge is 0.508 e. The lowest BCUT2D eigenvalue weighted by Gasteiger charge is -2.06. The lowest BCUT2D eigenvalue weighted by molar-refractivity contribution is 0.475. The maximum absolute atomic E-state index is 9.17. The Kier molecular flexibility index (Phi) is 4.48. The van der Waals surface area contributed by atoms with E-state index in [0.717, 1.165) is 24.2 Å². The first-order chi connectivity index (χ1) is 8.65. The minimum Gasteiger partial charge on any atom is -0.508 e. The molecule has 2 aromatic carbocycles. The second kappa shape index (κ2) is 6.10. The molecule has 0 aliphatic rings. The molecule has 0 heterocycles. The van der Waals surface area contributed by atoms with E-state index in [-0.39, 0.29) is 5.75 Å². The van der Waals surface area contributed by atoms with Crippen LogP contribution in [0.4, 0.5) is 0 Å². The fourth-order valence-electron chi connectivity index (χ4n) is 1.61. The summed E-state index contributed by atoms with van der Waals surface area (Å²) in [6, 6.07) is 12.7. The maximum Gasteiger partial charge on any atom is 0.115 e. The van der Waals surface area contributed by atoms with Crippen molar-refractivity contribution in [1.29, 1.82) is 0 Å². The fraction of sp³-hybridized carbons (Fsp3) is 0.143. The molecule has 0 fully saturated rings. The van der Waals surface area contributed by atoms with Crippen molar-refractivity contribution in [2.24, 2.45) is 0 Å². The molecule has 0 aromatic heterocycles. The van der Waals surface area contributed by atoms with Crippen LogP contribution in [0.5, 0.6) is 5.75 Å². The van der Waals surface area contributed by atoms with Crippen molar-refractivity contribution in [2.45, 2.75) is 13.1 Å². The third-order valence-corrected chi connectivity index (χ3v) is 3.32. The number of halogens is 2. The summed E-state index contributed by atoms with van der Waals surface area (Å²) in [5, 5.41) is 13.6. The molecule has 2 aromatic rings. The summed E-state index contributed by atoms with van der Waals surface area (Å²) in [5.41, 5.74) is 2.20. The van der Waals surface area contributed by atoms with Crippen LogP contribution < -0.4 is 5.32 Å². The Bertz CT molecular complexity index is 526. The molecule has 2 nitrogen and oxygen atoms in total. The molecule has 2 N–H and O–H groups in total.